The van der Waals surface area contributed by atoms with Gasteiger partial charge in [0.1, 0.15) is 11.7 Å². The summed E-state index contributed by atoms with van der Waals surface area (Å²) in [5.41, 5.74) is 0.504. The number of methoxy groups -OCH3 is 1. The van der Waals surface area contributed by atoms with E-state index in [0.717, 1.165) is 0 Å². The van der Waals surface area contributed by atoms with Gasteiger partial charge >= 0.3 is 0 Å². The molecule has 2 heterocycles. The van der Waals surface area contributed by atoms with E-state index < -0.39 is 4.92 Å². The third kappa shape index (κ3) is 2.79. The fourth-order valence-electron chi connectivity index (χ4n) is 2.90. The predicted molar refractivity (Wildman–Crippen MR) is 82.3 cm³/mol. The first kappa shape index (κ1) is 15.9. The third-order valence-electron chi connectivity index (χ3n) is 4.04. The van der Waals surface area contributed by atoms with E-state index in [1.54, 1.807) is 26.2 Å². The van der Waals surface area contributed by atoms with Crippen LogP contribution in [0.3, 0.4) is 0 Å². The monoisotopic (exact) mass is 329 g/mol. The highest BCUT2D eigenvalue weighted by Crippen LogP contribution is 2.40. The number of ether oxygens (including phenoxy) is 1. The molecule has 9 nitrogen and oxygen atoms in total. The molecule has 24 heavy (non-hydrogen) atoms. The first-order valence-electron chi connectivity index (χ1n) is 7.31. The van der Waals surface area contributed by atoms with Crippen molar-refractivity contribution in [1.29, 1.82) is 5.26 Å². The predicted octanol–water partition coefficient (Wildman–Crippen LogP) is 2.12. The van der Waals surface area contributed by atoms with Gasteiger partial charge in [-0.1, -0.05) is 5.16 Å². The van der Waals surface area contributed by atoms with Gasteiger partial charge in [-0.25, -0.2) is 0 Å². The van der Waals surface area contributed by atoms with E-state index in [9.17, 15) is 10.1 Å². The zero-order chi connectivity index (χ0) is 17.3. The Bertz CT molecular complexity index is 812. The van der Waals surface area contributed by atoms with Crippen LogP contribution >= 0.6 is 0 Å². The summed E-state index contributed by atoms with van der Waals surface area (Å²) in [5.74, 6) is 0.894. The van der Waals surface area contributed by atoms with Gasteiger partial charge in [0.2, 0.25) is 5.89 Å². The maximum absolute atomic E-state index is 11.4. The van der Waals surface area contributed by atoms with Gasteiger partial charge in [0.15, 0.2) is 5.82 Å². The van der Waals surface area contributed by atoms with E-state index in [-0.39, 0.29) is 23.4 Å². The molecule has 3 rings (SSSR count). The minimum atomic E-state index is -0.494. The number of nitro benzene ring substituents is 1. The molecular formula is C15H15N5O4. The number of nitro groups is 1. The van der Waals surface area contributed by atoms with E-state index in [2.05, 4.69) is 10.1 Å². The second kappa shape index (κ2) is 6.25. The lowest BCUT2D eigenvalue weighted by molar-refractivity contribution is -0.384. The van der Waals surface area contributed by atoms with Crippen LogP contribution in [0, 0.1) is 28.4 Å². The van der Waals surface area contributed by atoms with Crippen molar-refractivity contribution in [1.82, 2.24) is 10.1 Å². The molecule has 1 aromatic heterocycles. The summed E-state index contributed by atoms with van der Waals surface area (Å²) in [7, 11) is 1.59. The largest absolute Gasteiger partial charge is 0.380 e. The van der Waals surface area contributed by atoms with Gasteiger partial charge in [0.25, 0.3) is 5.69 Å². The van der Waals surface area contributed by atoms with Crippen LogP contribution in [0.15, 0.2) is 22.7 Å². The van der Waals surface area contributed by atoms with Gasteiger partial charge in [-0.3, -0.25) is 10.1 Å². The first-order valence-corrected chi connectivity index (χ1v) is 7.31. The van der Waals surface area contributed by atoms with Crippen molar-refractivity contribution in [3.63, 3.8) is 0 Å². The average molecular weight is 329 g/mol. The maximum Gasteiger partial charge on any atom is 0.293 e. The van der Waals surface area contributed by atoms with Crippen LogP contribution < -0.4 is 4.90 Å². The molecule has 1 aliphatic heterocycles. The summed E-state index contributed by atoms with van der Waals surface area (Å²) in [5, 5.41) is 24.2. The number of nitrogens with zero attached hydrogens (tertiary/aromatic N) is 5. The molecule has 0 N–H and O–H groups in total. The number of aryl methyl sites for hydroxylation is 1. The van der Waals surface area contributed by atoms with E-state index in [1.165, 1.54) is 6.07 Å². The van der Waals surface area contributed by atoms with E-state index in [1.807, 2.05) is 11.0 Å². The Morgan fingerprint density at radius 1 is 1.54 bits per heavy atom. The van der Waals surface area contributed by atoms with Crippen LogP contribution in [0.1, 0.15) is 29.7 Å². The molecule has 0 spiro atoms. The zero-order valence-corrected chi connectivity index (χ0v) is 13.2. The van der Waals surface area contributed by atoms with E-state index in [0.29, 0.717) is 30.4 Å². The van der Waals surface area contributed by atoms with E-state index >= 15 is 0 Å². The molecule has 2 atom stereocenters. The minimum Gasteiger partial charge on any atom is -0.380 e. The molecule has 1 aliphatic rings. The van der Waals surface area contributed by atoms with Crippen LogP contribution in [0.25, 0.3) is 0 Å². The Kier molecular flexibility index (Phi) is 4.14. The highest BCUT2D eigenvalue weighted by molar-refractivity contribution is 5.67. The number of hydrogen-bond acceptors (Lipinski definition) is 8. The number of rotatable bonds is 4. The summed E-state index contributed by atoms with van der Waals surface area (Å²) >= 11 is 0. The van der Waals surface area contributed by atoms with Crippen LogP contribution in [0.2, 0.25) is 0 Å². The molecule has 1 saturated heterocycles. The minimum absolute atomic E-state index is 0.113. The van der Waals surface area contributed by atoms with Crippen LogP contribution in [-0.4, -0.2) is 34.8 Å². The number of aromatic nitrogens is 2. The fraction of sp³-hybridized carbons (Fsp3) is 0.400. The summed E-state index contributed by atoms with van der Waals surface area (Å²) in [6, 6.07) is 6.00. The molecule has 9 heteroatoms. The van der Waals surface area contributed by atoms with Crippen LogP contribution in [0.4, 0.5) is 11.4 Å². The smallest absolute Gasteiger partial charge is 0.293 e. The average Bonchev–Trinajstić information content (AvgIpc) is 3.20. The molecule has 0 amide bonds. The van der Waals surface area contributed by atoms with Crippen molar-refractivity contribution in [2.24, 2.45) is 0 Å². The Morgan fingerprint density at radius 2 is 2.33 bits per heavy atom. The van der Waals surface area contributed by atoms with Gasteiger partial charge in [-0.2, -0.15) is 10.2 Å². The Hall–Kier alpha value is -2.99. The Labute approximate surface area is 137 Å². The van der Waals surface area contributed by atoms with Crippen molar-refractivity contribution in [2.75, 3.05) is 18.6 Å². The molecule has 1 fully saturated rings. The van der Waals surface area contributed by atoms with Gasteiger partial charge < -0.3 is 14.2 Å². The molecule has 124 valence electrons. The lowest BCUT2D eigenvalue weighted by atomic mass is 10.1. The van der Waals surface area contributed by atoms with Gasteiger partial charge in [-0.15, -0.1) is 0 Å². The summed E-state index contributed by atoms with van der Waals surface area (Å²) in [4.78, 5) is 17.0. The maximum atomic E-state index is 11.4. The van der Waals surface area contributed by atoms with Crippen LogP contribution in [-0.2, 0) is 4.74 Å². The molecule has 2 aromatic rings. The number of nitriles is 1. The normalized spacial score (nSPS) is 20.1. The topological polar surface area (TPSA) is 118 Å². The standard InChI is InChI=1S/C15H15N5O4/c1-9-17-15(24-18-9)14-6-11(23-2)8-19(14)12-4-3-10(7-16)5-13(12)20(21)22/h3-5,11,14H,6,8H2,1-2H3. The Morgan fingerprint density at radius 3 is 2.92 bits per heavy atom. The van der Waals surface area contributed by atoms with E-state index in [4.69, 9.17) is 14.5 Å². The fourth-order valence-corrected chi connectivity index (χ4v) is 2.90. The molecule has 0 radical (unpaired) electrons. The molecule has 0 saturated carbocycles. The van der Waals surface area contributed by atoms with Crippen molar-refractivity contribution in [3.05, 3.63) is 45.6 Å². The molecule has 0 aliphatic carbocycles. The molecule has 1 aromatic carbocycles. The van der Waals surface area contributed by atoms with Crippen LogP contribution in [0.5, 0.6) is 0 Å². The number of hydrogen-bond donors (Lipinski definition) is 0. The summed E-state index contributed by atoms with van der Waals surface area (Å²) < 4.78 is 10.7. The van der Waals surface area contributed by atoms with Crippen molar-refractivity contribution >= 4 is 11.4 Å². The molecular weight excluding hydrogens is 314 g/mol. The summed E-state index contributed by atoms with van der Waals surface area (Å²) in [6.45, 7) is 2.17. The molecule has 0 bridgehead atoms. The number of anilines is 1. The summed E-state index contributed by atoms with van der Waals surface area (Å²) in [6.07, 6.45) is 0.465. The third-order valence-corrected chi connectivity index (χ3v) is 4.04. The lowest BCUT2D eigenvalue weighted by Gasteiger charge is -2.23. The van der Waals surface area contributed by atoms with Crippen molar-refractivity contribution in [2.45, 2.75) is 25.5 Å². The second-order valence-corrected chi connectivity index (χ2v) is 5.51. The SMILES string of the molecule is COC1CC(c2nc(C)no2)N(c2ccc(C#N)cc2[N+](=O)[O-])C1. The van der Waals surface area contributed by atoms with Gasteiger partial charge in [0, 0.05) is 26.1 Å². The molecule has 2 unspecified atom stereocenters. The quantitative estimate of drug-likeness (QED) is 0.618. The highest BCUT2D eigenvalue weighted by atomic mass is 16.6. The first-order chi connectivity index (χ1) is 11.5. The van der Waals surface area contributed by atoms with Crippen molar-refractivity contribution < 1.29 is 14.2 Å². The van der Waals surface area contributed by atoms with Gasteiger partial charge in [0.05, 0.1) is 22.7 Å². The van der Waals surface area contributed by atoms with Crippen molar-refractivity contribution in [3.8, 4) is 6.07 Å². The number of benzene rings is 1. The lowest BCUT2D eigenvalue weighted by Crippen LogP contribution is -2.25. The second-order valence-electron chi connectivity index (χ2n) is 5.51. The Balaban J connectivity index is 2.05. The van der Waals surface area contributed by atoms with Gasteiger partial charge in [-0.05, 0) is 19.1 Å². The zero-order valence-electron chi connectivity index (χ0n) is 13.2. The highest BCUT2D eigenvalue weighted by Gasteiger charge is 2.39.